The van der Waals surface area contributed by atoms with E-state index in [-0.39, 0.29) is 24.9 Å². The molecule has 1 fully saturated rings. The lowest BCUT2D eigenvalue weighted by atomic mass is 10.2. The number of rotatable bonds is 2. The van der Waals surface area contributed by atoms with Gasteiger partial charge in [0, 0.05) is 12.4 Å². The largest absolute Gasteiger partial charge is 0.300 e. The number of nitrogens with zero attached hydrogens (tertiary/aromatic N) is 2. The number of amides is 2. The van der Waals surface area contributed by atoms with E-state index in [9.17, 15) is 9.59 Å². The summed E-state index contributed by atoms with van der Waals surface area (Å²) in [5.74, 6) is -0.365. The number of hydrogen-bond acceptors (Lipinski definition) is 4. The van der Waals surface area contributed by atoms with E-state index >= 15 is 0 Å². The fourth-order valence-corrected chi connectivity index (χ4v) is 1.67. The molecule has 5 nitrogen and oxygen atoms in total. The van der Waals surface area contributed by atoms with E-state index in [1.807, 2.05) is 13.0 Å². The summed E-state index contributed by atoms with van der Waals surface area (Å²) >= 11 is 0. The number of carbonyl (C=O) groups excluding carboxylic acids is 2. The van der Waals surface area contributed by atoms with E-state index < -0.39 is 0 Å². The molecule has 2 heterocycles. The first-order chi connectivity index (χ1) is 7.66. The summed E-state index contributed by atoms with van der Waals surface area (Å²) in [7, 11) is 0. The molecule has 0 bridgehead atoms. The second-order valence-corrected chi connectivity index (χ2v) is 3.85. The van der Waals surface area contributed by atoms with Crippen LogP contribution in [0.15, 0.2) is 18.5 Å². The average Bonchev–Trinajstić information content (AvgIpc) is 2.24. The van der Waals surface area contributed by atoms with Crippen LogP contribution in [-0.4, -0.2) is 34.8 Å². The van der Waals surface area contributed by atoms with Gasteiger partial charge in [0.25, 0.3) is 0 Å². The molecule has 2 amide bonds. The predicted molar refractivity (Wildman–Crippen MR) is 57.4 cm³/mol. The molecule has 1 aromatic rings. The van der Waals surface area contributed by atoms with Gasteiger partial charge in [-0.3, -0.25) is 24.8 Å². The molecular weight excluding hydrogens is 206 g/mol. The van der Waals surface area contributed by atoms with Crippen LogP contribution in [0, 0.1) is 6.92 Å². The number of aryl methyl sites for hydroxylation is 1. The molecule has 1 N–H and O–H groups in total. The second-order valence-electron chi connectivity index (χ2n) is 3.85. The standard InChI is InChI=1S/C11H13N3O2/c1-8-2-9(4-12-3-8)7-14-10(15)5-13-6-11(14)16/h2-4,13H,5-7H2,1H3. The van der Waals surface area contributed by atoms with Gasteiger partial charge < -0.3 is 0 Å². The molecule has 0 aliphatic carbocycles. The van der Waals surface area contributed by atoms with E-state index in [1.165, 1.54) is 4.90 Å². The minimum absolute atomic E-state index is 0.183. The van der Waals surface area contributed by atoms with Crippen molar-refractivity contribution in [1.82, 2.24) is 15.2 Å². The zero-order valence-electron chi connectivity index (χ0n) is 9.06. The maximum atomic E-state index is 11.5. The van der Waals surface area contributed by atoms with E-state index in [0.717, 1.165) is 11.1 Å². The SMILES string of the molecule is Cc1cncc(CN2C(=O)CNCC2=O)c1. The zero-order chi connectivity index (χ0) is 11.5. The maximum absolute atomic E-state index is 11.5. The smallest absolute Gasteiger partial charge is 0.243 e. The Hall–Kier alpha value is -1.75. The molecule has 16 heavy (non-hydrogen) atoms. The third-order valence-corrected chi connectivity index (χ3v) is 2.43. The van der Waals surface area contributed by atoms with Gasteiger partial charge in [-0.25, -0.2) is 0 Å². The molecule has 2 rings (SSSR count). The summed E-state index contributed by atoms with van der Waals surface area (Å²) in [5.41, 5.74) is 1.90. The first-order valence-corrected chi connectivity index (χ1v) is 5.11. The quantitative estimate of drug-likeness (QED) is 0.703. The van der Waals surface area contributed by atoms with E-state index in [0.29, 0.717) is 6.54 Å². The van der Waals surface area contributed by atoms with Crippen LogP contribution in [-0.2, 0) is 16.1 Å². The molecule has 0 spiro atoms. The van der Waals surface area contributed by atoms with Crippen molar-refractivity contribution < 1.29 is 9.59 Å². The maximum Gasteiger partial charge on any atom is 0.243 e. The van der Waals surface area contributed by atoms with Crippen molar-refractivity contribution >= 4 is 11.8 Å². The number of pyridine rings is 1. The van der Waals surface area contributed by atoms with Crippen molar-refractivity contribution in [3.8, 4) is 0 Å². The topological polar surface area (TPSA) is 62.3 Å². The number of hydrogen-bond donors (Lipinski definition) is 1. The van der Waals surface area contributed by atoms with Crippen molar-refractivity contribution in [3.63, 3.8) is 0 Å². The third kappa shape index (κ3) is 2.25. The Morgan fingerprint density at radius 3 is 2.62 bits per heavy atom. The Labute approximate surface area is 93.5 Å². The van der Waals surface area contributed by atoms with Crippen molar-refractivity contribution in [2.75, 3.05) is 13.1 Å². The van der Waals surface area contributed by atoms with Crippen LogP contribution in [0.25, 0.3) is 0 Å². The van der Waals surface area contributed by atoms with E-state index in [4.69, 9.17) is 0 Å². The third-order valence-electron chi connectivity index (χ3n) is 2.43. The monoisotopic (exact) mass is 219 g/mol. The van der Waals surface area contributed by atoms with Crippen LogP contribution < -0.4 is 5.32 Å². The fourth-order valence-electron chi connectivity index (χ4n) is 1.67. The lowest BCUT2D eigenvalue weighted by Crippen LogP contribution is -2.51. The van der Waals surface area contributed by atoms with Crippen LogP contribution in [0.2, 0.25) is 0 Å². The molecule has 1 aliphatic heterocycles. The zero-order valence-corrected chi connectivity index (χ0v) is 9.06. The van der Waals surface area contributed by atoms with Crippen molar-refractivity contribution in [3.05, 3.63) is 29.6 Å². The van der Waals surface area contributed by atoms with Crippen LogP contribution >= 0.6 is 0 Å². The van der Waals surface area contributed by atoms with Gasteiger partial charge in [0.2, 0.25) is 11.8 Å². The Morgan fingerprint density at radius 2 is 2.00 bits per heavy atom. The molecule has 0 aromatic carbocycles. The Balaban J connectivity index is 2.13. The van der Waals surface area contributed by atoms with Crippen LogP contribution in [0.4, 0.5) is 0 Å². The molecule has 0 unspecified atom stereocenters. The molecule has 0 atom stereocenters. The Morgan fingerprint density at radius 1 is 1.31 bits per heavy atom. The molecule has 1 aliphatic rings. The highest BCUT2D eigenvalue weighted by atomic mass is 16.2. The van der Waals surface area contributed by atoms with Gasteiger partial charge in [0.15, 0.2) is 0 Å². The molecule has 1 saturated heterocycles. The Bertz CT molecular complexity index is 415. The highest BCUT2D eigenvalue weighted by Crippen LogP contribution is 2.07. The number of imide groups is 1. The van der Waals surface area contributed by atoms with Crippen molar-refractivity contribution in [2.45, 2.75) is 13.5 Å². The number of carbonyl (C=O) groups is 2. The summed E-state index contributed by atoms with van der Waals surface area (Å²) < 4.78 is 0. The lowest BCUT2D eigenvalue weighted by Gasteiger charge is -2.25. The Kier molecular flexibility index (Phi) is 2.96. The highest BCUT2D eigenvalue weighted by Gasteiger charge is 2.25. The molecular formula is C11H13N3O2. The van der Waals surface area contributed by atoms with Gasteiger partial charge in [-0.05, 0) is 18.1 Å². The molecule has 0 saturated carbocycles. The summed E-state index contributed by atoms with van der Waals surface area (Å²) in [6.45, 7) is 2.70. The summed E-state index contributed by atoms with van der Waals surface area (Å²) in [4.78, 5) is 28.3. The number of aromatic nitrogens is 1. The first-order valence-electron chi connectivity index (χ1n) is 5.11. The highest BCUT2D eigenvalue weighted by molar-refractivity contribution is 5.99. The summed E-state index contributed by atoms with van der Waals surface area (Å²) in [6.07, 6.45) is 3.42. The number of piperazine rings is 1. The molecule has 5 heteroatoms. The average molecular weight is 219 g/mol. The normalized spacial score (nSPS) is 16.7. The van der Waals surface area contributed by atoms with Gasteiger partial charge in [0.05, 0.1) is 19.6 Å². The minimum atomic E-state index is -0.183. The first kappa shape index (κ1) is 10.8. The van der Waals surface area contributed by atoms with Crippen LogP contribution in [0.3, 0.4) is 0 Å². The van der Waals surface area contributed by atoms with E-state index in [2.05, 4.69) is 10.3 Å². The van der Waals surface area contributed by atoms with Gasteiger partial charge in [-0.2, -0.15) is 0 Å². The van der Waals surface area contributed by atoms with E-state index in [1.54, 1.807) is 12.4 Å². The molecule has 84 valence electrons. The fraction of sp³-hybridized carbons (Fsp3) is 0.364. The van der Waals surface area contributed by atoms with Gasteiger partial charge in [0.1, 0.15) is 0 Å². The summed E-state index contributed by atoms with van der Waals surface area (Å²) in [5, 5.41) is 2.76. The second kappa shape index (κ2) is 4.40. The molecule has 0 radical (unpaired) electrons. The van der Waals surface area contributed by atoms with Gasteiger partial charge >= 0.3 is 0 Å². The van der Waals surface area contributed by atoms with Gasteiger partial charge in [-0.15, -0.1) is 0 Å². The lowest BCUT2D eigenvalue weighted by molar-refractivity contribution is -0.147. The van der Waals surface area contributed by atoms with Crippen molar-refractivity contribution in [2.24, 2.45) is 0 Å². The summed E-state index contributed by atoms with van der Waals surface area (Å²) in [6, 6.07) is 1.93. The van der Waals surface area contributed by atoms with Crippen LogP contribution in [0.1, 0.15) is 11.1 Å². The molecule has 1 aromatic heterocycles. The number of nitrogens with one attached hydrogen (secondary N) is 1. The van der Waals surface area contributed by atoms with Crippen molar-refractivity contribution in [1.29, 1.82) is 0 Å². The van der Waals surface area contributed by atoms with Gasteiger partial charge in [-0.1, -0.05) is 6.07 Å². The predicted octanol–water partition coefficient (Wildman–Crippen LogP) is -0.152. The van der Waals surface area contributed by atoms with Crippen LogP contribution in [0.5, 0.6) is 0 Å². The minimum Gasteiger partial charge on any atom is -0.300 e.